The lowest BCUT2D eigenvalue weighted by atomic mass is 10.3. The molecule has 0 unspecified atom stereocenters. The summed E-state index contributed by atoms with van der Waals surface area (Å²) >= 11 is 6.75. The number of aromatic nitrogens is 1. The Hall–Kier alpha value is -1.24. The second kappa shape index (κ2) is 4.79. The zero-order valence-electron chi connectivity index (χ0n) is 8.92. The minimum Gasteiger partial charge on any atom is -0.355 e. The molecule has 3 rings (SSSR count). The van der Waals surface area contributed by atoms with Crippen LogP contribution in [-0.2, 0) is 0 Å². The fraction of sp³-hybridized carbons (Fsp3) is 0. The second-order valence-corrected chi connectivity index (χ2v) is 7.05. The monoisotopic (exact) mass is 339 g/mol. The van der Waals surface area contributed by atoms with Crippen LogP contribution in [0.25, 0.3) is 20.4 Å². The highest BCUT2D eigenvalue weighted by atomic mass is 79.9. The lowest BCUT2D eigenvalue weighted by Gasteiger charge is -1.88. The smallest absolute Gasteiger partial charge is 0.177 e. The Morgan fingerprint density at radius 2 is 1.83 bits per heavy atom. The standard InChI is InChI=1S/C12H6BrNO2S2/c13-12-4-3-11(18-12)10-2-1-9(17-10)8-5-7(6-15)14-16-8/h1-6H. The van der Waals surface area contributed by atoms with Crippen LogP contribution < -0.4 is 0 Å². The fourth-order valence-corrected chi connectivity index (χ4v) is 3.94. The maximum atomic E-state index is 10.6. The van der Waals surface area contributed by atoms with E-state index >= 15 is 0 Å². The summed E-state index contributed by atoms with van der Waals surface area (Å²) < 4.78 is 6.23. The number of hydrogen-bond donors (Lipinski definition) is 0. The SMILES string of the molecule is O=Cc1cc(-c2ccc(-c3ccc(Br)s3)s2)on1. The van der Waals surface area contributed by atoms with Crippen molar-refractivity contribution in [1.82, 2.24) is 5.16 Å². The van der Waals surface area contributed by atoms with Crippen LogP contribution in [0.2, 0.25) is 0 Å². The topological polar surface area (TPSA) is 43.1 Å². The van der Waals surface area contributed by atoms with E-state index in [1.807, 2.05) is 18.2 Å². The lowest BCUT2D eigenvalue weighted by molar-refractivity contribution is 0.111. The van der Waals surface area contributed by atoms with Crippen molar-refractivity contribution < 1.29 is 9.32 Å². The van der Waals surface area contributed by atoms with Gasteiger partial charge in [-0.1, -0.05) is 5.16 Å². The lowest BCUT2D eigenvalue weighted by Crippen LogP contribution is -1.72. The third-order valence-corrected chi connectivity index (χ3v) is 5.23. The number of aldehydes is 1. The molecular weight excluding hydrogens is 334 g/mol. The van der Waals surface area contributed by atoms with Crippen molar-refractivity contribution in [3.05, 3.63) is 39.8 Å². The number of nitrogens with zero attached hydrogens (tertiary/aromatic N) is 1. The highest BCUT2D eigenvalue weighted by Gasteiger charge is 2.11. The molecule has 0 aliphatic rings. The molecule has 3 aromatic heterocycles. The third-order valence-electron chi connectivity index (χ3n) is 2.31. The number of halogens is 1. The largest absolute Gasteiger partial charge is 0.355 e. The van der Waals surface area contributed by atoms with Gasteiger partial charge in [0.25, 0.3) is 0 Å². The van der Waals surface area contributed by atoms with E-state index < -0.39 is 0 Å². The number of carbonyl (C=O) groups is 1. The maximum Gasteiger partial charge on any atom is 0.177 e. The predicted molar refractivity (Wildman–Crippen MR) is 76.2 cm³/mol. The molecule has 0 saturated heterocycles. The molecule has 0 amide bonds. The van der Waals surface area contributed by atoms with E-state index in [0.29, 0.717) is 17.7 Å². The van der Waals surface area contributed by atoms with Crippen LogP contribution in [0, 0.1) is 0 Å². The van der Waals surface area contributed by atoms with Crippen LogP contribution >= 0.6 is 38.6 Å². The summed E-state index contributed by atoms with van der Waals surface area (Å²) in [6.07, 6.45) is 0.678. The van der Waals surface area contributed by atoms with Crippen molar-refractivity contribution in [3.8, 4) is 20.4 Å². The first-order valence-electron chi connectivity index (χ1n) is 5.04. The number of thiophene rings is 2. The second-order valence-electron chi connectivity index (χ2n) is 3.50. The van der Waals surface area contributed by atoms with Gasteiger partial charge in [-0.25, -0.2) is 0 Å². The van der Waals surface area contributed by atoms with Gasteiger partial charge in [0.1, 0.15) is 5.69 Å². The summed E-state index contributed by atoms with van der Waals surface area (Å²) in [6.45, 7) is 0. The fourth-order valence-electron chi connectivity index (χ4n) is 1.51. The van der Waals surface area contributed by atoms with Gasteiger partial charge in [-0.2, -0.15) is 0 Å². The van der Waals surface area contributed by atoms with Crippen LogP contribution in [0.4, 0.5) is 0 Å². The summed E-state index contributed by atoms with van der Waals surface area (Å²) in [4.78, 5) is 13.9. The Morgan fingerprint density at radius 1 is 1.11 bits per heavy atom. The molecule has 0 N–H and O–H groups in total. The van der Waals surface area contributed by atoms with Gasteiger partial charge in [-0.05, 0) is 40.2 Å². The van der Waals surface area contributed by atoms with Crippen LogP contribution in [0.15, 0.2) is 38.6 Å². The molecular formula is C12H6BrNO2S2. The molecule has 0 fully saturated rings. The normalized spacial score (nSPS) is 10.7. The van der Waals surface area contributed by atoms with E-state index in [1.165, 1.54) is 9.75 Å². The average molecular weight is 340 g/mol. The summed E-state index contributed by atoms with van der Waals surface area (Å²) in [5.74, 6) is 0.629. The van der Waals surface area contributed by atoms with Crippen LogP contribution in [0.3, 0.4) is 0 Å². The molecule has 6 heteroatoms. The van der Waals surface area contributed by atoms with Crippen molar-refractivity contribution in [2.24, 2.45) is 0 Å². The van der Waals surface area contributed by atoms with Crippen molar-refractivity contribution in [1.29, 1.82) is 0 Å². The first-order chi connectivity index (χ1) is 8.76. The maximum absolute atomic E-state index is 10.6. The Morgan fingerprint density at radius 3 is 2.50 bits per heavy atom. The molecule has 18 heavy (non-hydrogen) atoms. The van der Waals surface area contributed by atoms with Gasteiger partial charge in [-0.15, -0.1) is 22.7 Å². The van der Waals surface area contributed by atoms with Gasteiger partial charge in [0.15, 0.2) is 12.0 Å². The Bertz CT molecular complexity index is 698. The van der Waals surface area contributed by atoms with Gasteiger partial charge >= 0.3 is 0 Å². The molecule has 0 aliphatic carbocycles. The van der Waals surface area contributed by atoms with E-state index in [9.17, 15) is 4.79 Å². The van der Waals surface area contributed by atoms with Crippen molar-refractivity contribution >= 4 is 44.9 Å². The molecule has 0 radical (unpaired) electrons. The minimum absolute atomic E-state index is 0.318. The zero-order chi connectivity index (χ0) is 12.5. The summed E-state index contributed by atoms with van der Waals surface area (Å²) in [6, 6.07) is 9.76. The van der Waals surface area contributed by atoms with Crippen LogP contribution in [-0.4, -0.2) is 11.4 Å². The minimum atomic E-state index is 0.318. The van der Waals surface area contributed by atoms with E-state index in [2.05, 4.69) is 27.2 Å². The Kier molecular flexibility index (Phi) is 3.15. The first-order valence-corrected chi connectivity index (χ1v) is 7.46. The number of rotatable bonds is 3. The van der Waals surface area contributed by atoms with Gasteiger partial charge in [0.05, 0.1) is 8.66 Å². The predicted octanol–water partition coefficient (Wildman–Crippen LogP) is 4.71. The van der Waals surface area contributed by atoms with E-state index in [-0.39, 0.29) is 0 Å². The number of hydrogen-bond acceptors (Lipinski definition) is 5. The molecule has 3 nitrogen and oxygen atoms in total. The van der Waals surface area contributed by atoms with Gasteiger partial charge < -0.3 is 4.52 Å². The van der Waals surface area contributed by atoms with Gasteiger partial charge in [0.2, 0.25) is 0 Å². The molecule has 0 atom stereocenters. The van der Waals surface area contributed by atoms with E-state index in [0.717, 1.165) is 8.66 Å². The van der Waals surface area contributed by atoms with Crippen molar-refractivity contribution in [2.45, 2.75) is 0 Å². The average Bonchev–Trinajstić information content (AvgIpc) is 3.07. The zero-order valence-corrected chi connectivity index (χ0v) is 12.1. The van der Waals surface area contributed by atoms with Crippen molar-refractivity contribution in [2.75, 3.05) is 0 Å². The van der Waals surface area contributed by atoms with E-state index in [4.69, 9.17) is 4.52 Å². The van der Waals surface area contributed by atoms with Gasteiger partial charge in [0, 0.05) is 15.8 Å². The van der Waals surface area contributed by atoms with Gasteiger partial charge in [-0.3, -0.25) is 4.79 Å². The highest BCUT2D eigenvalue weighted by Crippen LogP contribution is 2.38. The van der Waals surface area contributed by atoms with E-state index in [1.54, 1.807) is 28.7 Å². The molecule has 0 aromatic carbocycles. The molecule has 0 aliphatic heterocycles. The third kappa shape index (κ3) is 2.19. The quantitative estimate of drug-likeness (QED) is 0.649. The van der Waals surface area contributed by atoms with Crippen molar-refractivity contribution in [3.63, 3.8) is 0 Å². The highest BCUT2D eigenvalue weighted by molar-refractivity contribution is 9.11. The molecule has 0 spiro atoms. The molecule has 90 valence electrons. The molecule has 0 bridgehead atoms. The molecule has 3 aromatic rings. The number of carbonyl (C=O) groups excluding carboxylic acids is 1. The van der Waals surface area contributed by atoms with Crippen LogP contribution in [0.5, 0.6) is 0 Å². The summed E-state index contributed by atoms with van der Waals surface area (Å²) in [5.41, 5.74) is 0.318. The first kappa shape index (κ1) is 11.8. The Labute approximate surface area is 119 Å². The summed E-state index contributed by atoms with van der Waals surface area (Å²) in [7, 11) is 0. The molecule has 3 heterocycles. The molecule has 0 saturated carbocycles. The summed E-state index contributed by atoms with van der Waals surface area (Å²) in [5, 5.41) is 3.66. The van der Waals surface area contributed by atoms with Crippen LogP contribution in [0.1, 0.15) is 10.5 Å². The Balaban J connectivity index is 1.96.